The zero-order valence-electron chi connectivity index (χ0n) is 14.7. The van der Waals surface area contributed by atoms with E-state index in [0.717, 1.165) is 5.56 Å². The minimum atomic E-state index is -3.88. The van der Waals surface area contributed by atoms with Gasteiger partial charge in [0.2, 0.25) is 0 Å². The summed E-state index contributed by atoms with van der Waals surface area (Å²) in [7, 11) is -3.88. The normalized spacial score (nSPS) is 11.7. The molecule has 0 spiro atoms. The van der Waals surface area contributed by atoms with E-state index < -0.39 is 15.8 Å². The molecule has 8 heteroatoms. The van der Waals surface area contributed by atoms with Gasteiger partial charge in [0.25, 0.3) is 10.0 Å². The first-order chi connectivity index (χ1) is 13.4. The number of sulfonamides is 1. The number of benzene rings is 3. The molecular weight excluding hydrogens is 401 g/mol. The van der Waals surface area contributed by atoms with Gasteiger partial charge in [0, 0.05) is 10.9 Å². The molecule has 4 aromatic rings. The number of aromatic nitrogens is 2. The van der Waals surface area contributed by atoms with Crippen LogP contribution in [-0.4, -0.2) is 18.6 Å². The van der Waals surface area contributed by atoms with Crippen molar-refractivity contribution in [2.45, 2.75) is 11.8 Å². The Morgan fingerprint density at radius 1 is 1.07 bits per heavy atom. The van der Waals surface area contributed by atoms with Gasteiger partial charge in [0.05, 0.1) is 9.92 Å². The monoisotopic (exact) mass is 415 g/mol. The molecule has 0 bridgehead atoms. The largest absolute Gasteiger partial charge is 0.273 e. The van der Waals surface area contributed by atoms with E-state index in [1.165, 1.54) is 12.1 Å². The number of rotatable bonds is 4. The van der Waals surface area contributed by atoms with Crippen LogP contribution in [-0.2, 0) is 10.0 Å². The number of aryl methyl sites for hydroxylation is 1. The van der Waals surface area contributed by atoms with Crippen LogP contribution in [0.4, 0.5) is 10.2 Å². The fourth-order valence-electron chi connectivity index (χ4n) is 2.90. The SMILES string of the molecule is Cc1ccc(S(=O)(=O)Nc2n[nH]c3c(F)c(Cl)c(-c4ccccc4)cc23)cc1. The number of nitrogens with zero attached hydrogens (tertiary/aromatic N) is 1. The van der Waals surface area contributed by atoms with Gasteiger partial charge >= 0.3 is 0 Å². The predicted molar refractivity (Wildman–Crippen MR) is 108 cm³/mol. The molecule has 0 amide bonds. The van der Waals surface area contributed by atoms with Crippen molar-refractivity contribution in [1.82, 2.24) is 10.2 Å². The van der Waals surface area contributed by atoms with Gasteiger partial charge in [0.1, 0.15) is 5.52 Å². The lowest BCUT2D eigenvalue weighted by atomic mass is 10.0. The summed E-state index contributed by atoms with van der Waals surface area (Å²) in [6.07, 6.45) is 0. The highest BCUT2D eigenvalue weighted by molar-refractivity contribution is 7.92. The van der Waals surface area contributed by atoms with E-state index in [0.29, 0.717) is 11.1 Å². The molecule has 28 heavy (non-hydrogen) atoms. The summed E-state index contributed by atoms with van der Waals surface area (Å²) in [5.74, 6) is -0.686. The highest BCUT2D eigenvalue weighted by Gasteiger charge is 2.21. The zero-order chi connectivity index (χ0) is 19.9. The number of anilines is 1. The smallest absolute Gasteiger partial charge is 0.263 e. The van der Waals surface area contributed by atoms with Gasteiger partial charge in [-0.15, -0.1) is 0 Å². The standard InChI is InChI=1S/C20H15ClFN3O2S/c1-12-7-9-14(10-8-12)28(26,27)25-20-16-11-15(13-5-3-2-4-6-13)17(21)18(22)19(16)23-24-20/h2-11H,1H3,(H2,23,24,25). The molecule has 1 aromatic heterocycles. The van der Waals surface area contributed by atoms with Crippen molar-refractivity contribution >= 4 is 38.3 Å². The van der Waals surface area contributed by atoms with E-state index in [1.54, 1.807) is 30.3 Å². The number of hydrogen-bond acceptors (Lipinski definition) is 3. The third-order valence-electron chi connectivity index (χ3n) is 4.39. The van der Waals surface area contributed by atoms with Crippen LogP contribution < -0.4 is 4.72 Å². The lowest BCUT2D eigenvalue weighted by Gasteiger charge is -2.09. The van der Waals surface area contributed by atoms with Crippen molar-refractivity contribution < 1.29 is 12.8 Å². The number of halogens is 2. The molecule has 0 saturated carbocycles. The minimum absolute atomic E-state index is 0.00308. The second kappa shape index (κ2) is 6.92. The molecule has 0 radical (unpaired) electrons. The van der Waals surface area contributed by atoms with Gasteiger partial charge in [-0.3, -0.25) is 9.82 Å². The molecule has 5 nitrogen and oxygen atoms in total. The first-order valence-electron chi connectivity index (χ1n) is 8.38. The minimum Gasteiger partial charge on any atom is -0.273 e. The van der Waals surface area contributed by atoms with E-state index in [2.05, 4.69) is 14.9 Å². The Morgan fingerprint density at radius 3 is 2.43 bits per heavy atom. The van der Waals surface area contributed by atoms with Crippen LogP contribution in [0.5, 0.6) is 0 Å². The van der Waals surface area contributed by atoms with Crippen LogP contribution in [0.2, 0.25) is 5.02 Å². The summed E-state index contributed by atoms with van der Waals surface area (Å²) in [6.45, 7) is 1.86. The van der Waals surface area contributed by atoms with E-state index in [4.69, 9.17) is 11.6 Å². The second-order valence-corrected chi connectivity index (χ2v) is 8.39. The third kappa shape index (κ3) is 3.23. The summed E-state index contributed by atoms with van der Waals surface area (Å²) in [4.78, 5) is 0.0898. The van der Waals surface area contributed by atoms with Crippen molar-refractivity contribution in [1.29, 1.82) is 0 Å². The highest BCUT2D eigenvalue weighted by Crippen LogP contribution is 2.37. The molecule has 0 fully saturated rings. The Bertz CT molecular complexity index is 1270. The fraction of sp³-hybridized carbons (Fsp3) is 0.0500. The quantitative estimate of drug-likeness (QED) is 0.485. The summed E-state index contributed by atoms with van der Waals surface area (Å²) in [5, 5.41) is 6.70. The molecule has 0 aliphatic carbocycles. The predicted octanol–water partition coefficient (Wildman–Crippen LogP) is 5.13. The molecule has 0 atom stereocenters. The van der Waals surface area contributed by atoms with Gasteiger partial charge in [-0.1, -0.05) is 59.6 Å². The van der Waals surface area contributed by atoms with Crippen LogP contribution in [0.15, 0.2) is 65.6 Å². The Hall–Kier alpha value is -2.90. The topological polar surface area (TPSA) is 74.8 Å². The molecule has 0 saturated heterocycles. The van der Waals surface area contributed by atoms with Crippen LogP contribution in [0.25, 0.3) is 22.0 Å². The van der Waals surface area contributed by atoms with Gasteiger partial charge in [-0.2, -0.15) is 5.10 Å². The van der Waals surface area contributed by atoms with Gasteiger partial charge in [-0.25, -0.2) is 12.8 Å². The lowest BCUT2D eigenvalue weighted by Crippen LogP contribution is -2.13. The van der Waals surface area contributed by atoms with Gasteiger partial charge < -0.3 is 0 Å². The number of nitrogens with one attached hydrogen (secondary N) is 2. The van der Waals surface area contributed by atoms with Crippen molar-refractivity contribution in [3.05, 3.63) is 77.1 Å². The van der Waals surface area contributed by atoms with E-state index in [-0.39, 0.29) is 26.6 Å². The molecule has 0 unspecified atom stereocenters. The second-order valence-electron chi connectivity index (χ2n) is 6.33. The fourth-order valence-corrected chi connectivity index (χ4v) is 4.18. The molecule has 0 aliphatic heterocycles. The number of H-pyrrole nitrogens is 1. The van der Waals surface area contributed by atoms with E-state index in [9.17, 15) is 12.8 Å². The van der Waals surface area contributed by atoms with E-state index >= 15 is 0 Å². The maximum Gasteiger partial charge on any atom is 0.263 e. The van der Waals surface area contributed by atoms with Crippen molar-refractivity contribution in [2.75, 3.05) is 4.72 Å². The maximum atomic E-state index is 14.8. The first kappa shape index (κ1) is 18.5. The van der Waals surface area contributed by atoms with Gasteiger partial charge in [0.15, 0.2) is 11.6 Å². The van der Waals surface area contributed by atoms with Crippen molar-refractivity contribution in [3.8, 4) is 11.1 Å². The Morgan fingerprint density at radius 2 is 1.75 bits per heavy atom. The summed E-state index contributed by atoms with van der Waals surface area (Å²) < 4.78 is 42.6. The Balaban J connectivity index is 1.83. The van der Waals surface area contributed by atoms with E-state index in [1.807, 2.05) is 25.1 Å². The third-order valence-corrected chi connectivity index (χ3v) is 6.11. The van der Waals surface area contributed by atoms with Crippen LogP contribution in [0.1, 0.15) is 5.56 Å². The summed E-state index contributed by atoms with van der Waals surface area (Å²) >= 11 is 6.20. The van der Waals surface area contributed by atoms with Crippen LogP contribution in [0.3, 0.4) is 0 Å². The van der Waals surface area contributed by atoms with Crippen LogP contribution in [0, 0.1) is 12.7 Å². The average Bonchev–Trinajstić information content (AvgIpc) is 3.08. The molecule has 2 N–H and O–H groups in total. The summed E-state index contributed by atoms with van der Waals surface area (Å²) in [6, 6.07) is 17.1. The molecular formula is C20H15ClFN3O2S. The van der Waals surface area contributed by atoms with Gasteiger partial charge in [-0.05, 0) is 30.7 Å². The molecule has 4 rings (SSSR count). The zero-order valence-corrected chi connectivity index (χ0v) is 16.3. The van der Waals surface area contributed by atoms with Crippen molar-refractivity contribution in [2.24, 2.45) is 0 Å². The Labute approximate surface area is 166 Å². The van der Waals surface area contributed by atoms with Crippen LogP contribution >= 0.6 is 11.6 Å². The number of hydrogen-bond donors (Lipinski definition) is 2. The first-order valence-corrected chi connectivity index (χ1v) is 10.2. The lowest BCUT2D eigenvalue weighted by molar-refractivity contribution is 0.601. The molecule has 3 aromatic carbocycles. The van der Waals surface area contributed by atoms with Crippen molar-refractivity contribution in [3.63, 3.8) is 0 Å². The molecule has 0 aliphatic rings. The molecule has 1 heterocycles. The number of fused-ring (bicyclic) bond motifs is 1. The maximum absolute atomic E-state index is 14.8. The highest BCUT2D eigenvalue weighted by atomic mass is 35.5. The number of aromatic amines is 1. The average molecular weight is 416 g/mol. The molecule has 142 valence electrons. The summed E-state index contributed by atoms with van der Waals surface area (Å²) in [5.41, 5.74) is 2.13. The Kier molecular flexibility index (Phi) is 4.56.